The van der Waals surface area contributed by atoms with Gasteiger partial charge < -0.3 is 10.6 Å². The molecular formula is C9H14F3N3O. The second-order valence-electron chi connectivity index (χ2n) is 3.99. The largest absolute Gasteiger partial charge is 0.401 e. The summed E-state index contributed by atoms with van der Waals surface area (Å²) < 4.78 is 35.1. The summed E-state index contributed by atoms with van der Waals surface area (Å²) in [5, 5.41) is 13.0. The highest BCUT2D eigenvalue weighted by atomic mass is 19.4. The molecule has 0 heterocycles. The van der Waals surface area contributed by atoms with Crippen LogP contribution < -0.4 is 10.6 Å². The van der Waals surface area contributed by atoms with Gasteiger partial charge >= 0.3 is 6.18 Å². The molecule has 0 aromatic carbocycles. The smallest absolute Gasteiger partial charge is 0.353 e. The van der Waals surface area contributed by atoms with E-state index >= 15 is 0 Å². The Morgan fingerprint density at radius 2 is 1.88 bits per heavy atom. The highest BCUT2D eigenvalue weighted by Gasteiger charge is 2.26. The number of rotatable bonds is 5. The van der Waals surface area contributed by atoms with Gasteiger partial charge in [-0.3, -0.25) is 4.79 Å². The van der Waals surface area contributed by atoms with Gasteiger partial charge in [0.05, 0.1) is 24.6 Å². The first-order valence-corrected chi connectivity index (χ1v) is 4.62. The molecule has 0 bridgehead atoms. The zero-order valence-electron chi connectivity index (χ0n) is 9.11. The Morgan fingerprint density at radius 1 is 1.31 bits per heavy atom. The molecular weight excluding hydrogens is 223 g/mol. The lowest BCUT2D eigenvalue weighted by Crippen LogP contribution is -2.41. The Balaban J connectivity index is 3.74. The van der Waals surface area contributed by atoms with Crippen molar-refractivity contribution in [2.24, 2.45) is 5.41 Å². The first-order chi connectivity index (χ1) is 7.16. The van der Waals surface area contributed by atoms with E-state index in [1.807, 2.05) is 11.4 Å². The van der Waals surface area contributed by atoms with Gasteiger partial charge in [0, 0.05) is 6.54 Å². The van der Waals surface area contributed by atoms with Crippen LogP contribution >= 0.6 is 0 Å². The van der Waals surface area contributed by atoms with Crippen molar-refractivity contribution >= 4 is 5.91 Å². The molecule has 0 saturated carbocycles. The van der Waals surface area contributed by atoms with Gasteiger partial charge in [-0.25, -0.2) is 0 Å². The minimum absolute atomic E-state index is 0.107. The normalized spacial score (nSPS) is 12.0. The molecule has 0 spiro atoms. The van der Waals surface area contributed by atoms with Crippen molar-refractivity contribution < 1.29 is 18.0 Å². The standard InChI is InChI=1S/C9H14F3N3O/c1-8(2,4-13)5-15-7(16)3-14-6-9(10,11)12/h14H,3,5-6H2,1-2H3,(H,15,16). The molecule has 0 aliphatic heterocycles. The van der Waals surface area contributed by atoms with Crippen LogP contribution in [-0.2, 0) is 4.79 Å². The quantitative estimate of drug-likeness (QED) is 0.743. The summed E-state index contributed by atoms with van der Waals surface area (Å²) in [5.41, 5.74) is -0.723. The van der Waals surface area contributed by atoms with Gasteiger partial charge in [-0.2, -0.15) is 18.4 Å². The SMILES string of the molecule is CC(C)(C#N)CNC(=O)CNCC(F)(F)F. The van der Waals surface area contributed by atoms with Crippen molar-refractivity contribution in [3.8, 4) is 6.07 Å². The highest BCUT2D eigenvalue weighted by molar-refractivity contribution is 5.78. The molecule has 4 nitrogen and oxygen atoms in total. The Morgan fingerprint density at radius 3 is 2.31 bits per heavy atom. The lowest BCUT2D eigenvalue weighted by Gasteiger charge is -2.16. The van der Waals surface area contributed by atoms with E-state index in [1.54, 1.807) is 13.8 Å². The first kappa shape index (κ1) is 14.7. The second-order valence-corrected chi connectivity index (χ2v) is 3.99. The number of halogens is 3. The van der Waals surface area contributed by atoms with Crippen LogP contribution in [0.25, 0.3) is 0 Å². The molecule has 0 radical (unpaired) electrons. The van der Waals surface area contributed by atoms with Crippen LogP contribution in [0.1, 0.15) is 13.8 Å². The number of carbonyl (C=O) groups excluding carboxylic acids is 1. The molecule has 2 N–H and O–H groups in total. The summed E-state index contributed by atoms with van der Waals surface area (Å²) in [6.07, 6.45) is -4.33. The molecule has 7 heteroatoms. The molecule has 16 heavy (non-hydrogen) atoms. The fourth-order valence-corrected chi connectivity index (χ4v) is 0.739. The van der Waals surface area contributed by atoms with E-state index in [0.717, 1.165) is 0 Å². The molecule has 0 aliphatic carbocycles. The van der Waals surface area contributed by atoms with Crippen molar-refractivity contribution in [1.82, 2.24) is 10.6 Å². The summed E-state index contributed by atoms with van der Waals surface area (Å²) in [6, 6.07) is 1.96. The predicted octanol–water partition coefficient (Wildman–Crippen LogP) is 0.804. The first-order valence-electron chi connectivity index (χ1n) is 4.62. The summed E-state index contributed by atoms with van der Waals surface area (Å²) in [5.74, 6) is -0.562. The zero-order chi connectivity index (χ0) is 12.8. The number of carbonyl (C=O) groups is 1. The van der Waals surface area contributed by atoms with E-state index in [1.165, 1.54) is 0 Å². The summed E-state index contributed by atoms with van der Waals surface area (Å²) >= 11 is 0. The lowest BCUT2D eigenvalue weighted by atomic mass is 9.96. The fraction of sp³-hybridized carbons (Fsp3) is 0.778. The molecule has 1 amide bonds. The number of amides is 1. The maximum atomic E-state index is 11.7. The van der Waals surface area contributed by atoms with Gasteiger partial charge in [-0.05, 0) is 13.8 Å². The van der Waals surface area contributed by atoms with E-state index < -0.39 is 30.6 Å². The van der Waals surface area contributed by atoms with Gasteiger partial charge in [-0.1, -0.05) is 0 Å². The minimum Gasteiger partial charge on any atom is -0.353 e. The number of hydrogen-bond acceptors (Lipinski definition) is 3. The average molecular weight is 237 g/mol. The zero-order valence-corrected chi connectivity index (χ0v) is 9.11. The van der Waals surface area contributed by atoms with E-state index in [9.17, 15) is 18.0 Å². The average Bonchev–Trinajstić information content (AvgIpc) is 2.13. The third-order valence-corrected chi connectivity index (χ3v) is 1.64. The van der Waals surface area contributed by atoms with Gasteiger partial charge in [0.1, 0.15) is 0 Å². The van der Waals surface area contributed by atoms with Gasteiger partial charge in [0.2, 0.25) is 5.91 Å². The minimum atomic E-state index is -4.33. The van der Waals surface area contributed by atoms with Crippen LogP contribution in [0.2, 0.25) is 0 Å². The maximum Gasteiger partial charge on any atom is 0.401 e. The van der Waals surface area contributed by atoms with Gasteiger partial charge in [0.15, 0.2) is 0 Å². The number of nitriles is 1. The van der Waals surface area contributed by atoms with Crippen LogP contribution in [0.4, 0.5) is 13.2 Å². The van der Waals surface area contributed by atoms with Crippen molar-refractivity contribution in [3.05, 3.63) is 0 Å². The molecule has 0 fully saturated rings. The lowest BCUT2D eigenvalue weighted by molar-refractivity contribution is -0.128. The van der Waals surface area contributed by atoms with Crippen LogP contribution in [0.5, 0.6) is 0 Å². The summed E-state index contributed by atoms with van der Waals surface area (Å²) in [6.45, 7) is 1.73. The molecule has 92 valence electrons. The third kappa shape index (κ3) is 8.05. The Labute approximate surface area is 91.8 Å². The number of hydrogen-bond donors (Lipinski definition) is 2. The van der Waals surface area contributed by atoms with Crippen LogP contribution in [0.3, 0.4) is 0 Å². The Kier molecular flexibility index (Phi) is 5.24. The van der Waals surface area contributed by atoms with Crippen molar-refractivity contribution in [2.45, 2.75) is 20.0 Å². The molecule has 0 atom stereocenters. The molecule has 0 aliphatic rings. The van der Waals surface area contributed by atoms with Gasteiger partial charge in [-0.15, -0.1) is 0 Å². The monoisotopic (exact) mass is 237 g/mol. The van der Waals surface area contributed by atoms with E-state index in [4.69, 9.17) is 5.26 Å². The predicted molar refractivity (Wildman–Crippen MR) is 51.3 cm³/mol. The van der Waals surface area contributed by atoms with Crippen molar-refractivity contribution in [1.29, 1.82) is 5.26 Å². The molecule has 0 saturated heterocycles. The fourth-order valence-electron chi connectivity index (χ4n) is 0.739. The highest BCUT2D eigenvalue weighted by Crippen LogP contribution is 2.12. The molecule has 0 aromatic heterocycles. The molecule has 0 aromatic rings. The van der Waals surface area contributed by atoms with E-state index in [2.05, 4.69) is 5.32 Å². The summed E-state index contributed by atoms with van der Waals surface area (Å²) in [7, 11) is 0. The third-order valence-electron chi connectivity index (χ3n) is 1.64. The Hall–Kier alpha value is -1.29. The van der Waals surface area contributed by atoms with Crippen LogP contribution in [0.15, 0.2) is 0 Å². The second kappa shape index (κ2) is 5.70. The van der Waals surface area contributed by atoms with Crippen molar-refractivity contribution in [2.75, 3.05) is 19.6 Å². The number of alkyl halides is 3. The molecule has 0 rings (SSSR count). The van der Waals surface area contributed by atoms with Crippen LogP contribution in [-0.4, -0.2) is 31.7 Å². The Bertz CT molecular complexity index is 281. The van der Waals surface area contributed by atoms with Gasteiger partial charge in [0.25, 0.3) is 0 Å². The van der Waals surface area contributed by atoms with Crippen LogP contribution in [0, 0.1) is 16.7 Å². The summed E-state index contributed by atoms with van der Waals surface area (Å²) in [4.78, 5) is 11.0. The number of nitrogens with zero attached hydrogens (tertiary/aromatic N) is 1. The van der Waals surface area contributed by atoms with E-state index in [-0.39, 0.29) is 6.54 Å². The van der Waals surface area contributed by atoms with E-state index in [0.29, 0.717) is 0 Å². The van der Waals surface area contributed by atoms with Crippen molar-refractivity contribution in [3.63, 3.8) is 0 Å². The maximum absolute atomic E-state index is 11.7. The molecule has 0 unspecified atom stereocenters. The number of nitrogens with one attached hydrogen (secondary N) is 2. The topological polar surface area (TPSA) is 64.9 Å².